The van der Waals surface area contributed by atoms with Gasteiger partial charge in [-0.25, -0.2) is 0 Å². The molecule has 0 aliphatic carbocycles. The number of halogens is 1. The summed E-state index contributed by atoms with van der Waals surface area (Å²) in [6, 6.07) is 0. The van der Waals surface area contributed by atoms with Gasteiger partial charge in [0.2, 0.25) is 0 Å². The van der Waals surface area contributed by atoms with Crippen LogP contribution < -0.4 is 12.4 Å². The first-order chi connectivity index (χ1) is 2.77. The van der Waals surface area contributed by atoms with Crippen LogP contribution in [0.25, 0.3) is 0 Å². The van der Waals surface area contributed by atoms with Crippen molar-refractivity contribution in [2.45, 2.75) is 18.9 Å². The molecule has 0 atom stereocenters. The molecule has 0 saturated carbocycles. The molecule has 0 spiro atoms. The summed E-state index contributed by atoms with van der Waals surface area (Å²) < 4.78 is 0. The van der Waals surface area contributed by atoms with Crippen molar-refractivity contribution in [1.82, 2.24) is 0 Å². The molecule has 0 aromatic heterocycles. The Balaban J connectivity index is 0. The average Bonchev–Trinajstić information content (AvgIpc) is 1.35. The van der Waals surface area contributed by atoms with Gasteiger partial charge in [-0.1, -0.05) is 0 Å². The van der Waals surface area contributed by atoms with Crippen LogP contribution in [0, 0.1) is 0 Å². The number of hydrogen-bond acceptors (Lipinski definition) is 0. The topological polar surface area (TPSA) is 0 Å². The SMILES string of the molecule is CC(C)=C[CH2][Zn+].[Cl-]. The van der Waals surface area contributed by atoms with Crippen LogP contribution >= 0.6 is 0 Å². The maximum atomic E-state index is 2.26. The molecule has 0 aromatic carbocycles. The third-order valence-corrected chi connectivity index (χ3v) is 1.16. The molecule has 0 aliphatic rings. The molecule has 0 unspecified atom stereocenters. The Bertz CT molecular complexity index is 55.1. The average molecular weight is 170 g/mol. The Kier molecular flexibility index (Phi) is 10.1. The van der Waals surface area contributed by atoms with Crippen molar-refractivity contribution in [2.24, 2.45) is 0 Å². The molecule has 0 aliphatic heterocycles. The van der Waals surface area contributed by atoms with Crippen LogP contribution in [0.3, 0.4) is 0 Å². The van der Waals surface area contributed by atoms with Gasteiger partial charge in [-0.2, -0.15) is 0 Å². The molecular formula is C5H9ClZn. The fourth-order valence-corrected chi connectivity index (χ4v) is 1.50. The first-order valence-electron chi connectivity index (χ1n) is 2.20. The summed E-state index contributed by atoms with van der Waals surface area (Å²) in [6.45, 7) is 4.27. The van der Waals surface area contributed by atoms with Gasteiger partial charge in [0, 0.05) is 0 Å². The second-order valence-electron chi connectivity index (χ2n) is 1.57. The van der Waals surface area contributed by atoms with E-state index in [1.165, 1.54) is 28.9 Å². The van der Waals surface area contributed by atoms with Gasteiger partial charge in [0.25, 0.3) is 0 Å². The fourth-order valence-electron chi connectivity index (χ4n) is 0.289. The van der Waals surface area contributed by atoms with Crippen molar-refractivity contribution in [1.29, 1.82) is 0 Å². The molecule has 0 fully saturated rings. The molecular weight excluding hydrogens is 161 g/mol. The third-order valence-electron chi connectivity index (χ3n) is 0.553. The van der Waals surface area contributed by atoms with Gasteiger partial charge < -0.3 is 12.4 Å². The Morgan fingerprint density at radius 2 is 2.00 bits per heavy atom. The smallest absolute Gasteiger partial charge is 1.00 e. The number of allylic oxidation sites excluding steroid dienone is 2. The molecule has 0 bridgehead atoms. The van der Waals surface area contributed by atoms with Crippen LogP contribution in [-0.4, -0.2) is 0 Å². The summed E-state index contributed by atoms with van der Waals surface area (Å²) in [7, 11) is 0. The molecule has 0 aromatic rings. The van der Waals surface area contributed by atoms with Crippen molar-refractivity contribution in [3.8, 4) is 0 Å². The first-order valence-corrected chi connectivity index (χ1v) is 4.29. The van der Waals surface area contributed by atoms with Crippen molar-refractivity contribution in [3.63, 3.8) is 0 Å². The molecule has 0 radical (unpaired) electrons. The van der Waals surface area contributed by atoms with E-state index in [0.29, 0.717) is 0 Å². The van der Waals surface area contributed by atoms with Crippen LogP contribution in [0.2, 0.25) is 5.02 Å². The Morgan fingerprint density at radius 3 is 2.00 bits per heavy atom. The molecule has 0 nitrogen and oxygen atoms in total. The molecule has 7 heavy (non-hydrogen) atoms. The van der Waals surface area contributed by atoms with Gasteiger partial charge in [0.15, 0.2) is 0 Å². The molecule has 0 rings (SSSR count). The van der Waals surface area contributed by atoms with Crippen LogP contribution in [0.5, 0.6) is 0 Å². The summed E-state index contributed by atoms with van der Waals surface area (Å²) in [5, 5.41) is 1.29. The monoisotopic (exact) mass is 168 g/mol. The summed E-state index contributed by atoms with van der Waals surface area (Å²) in [5.74, 6) is 0. The molecule has 0 N–H and O–H groups in total. The van der Waals surface area contributed by atoms with Crippen molar-refractivity contribution in [2.75, 3.05) is 0 Å². The minimum atomic E-state index is 0. The van der Waals surface area contributed by atoms with Crippen molar-refractivity contribution >= 4 is 0 Å². The zero-order valence-electron chi connectivity index (χ0n) is 4.87. The Morgan fingerprint density at radius 1 is 1.57 bits per heavy atom. The number of hydrogen-bond donors (Lipinski definition) is 0. The van der Waals surface area contributed by atoms with Crippen LogP contribution in [0.15, 0.2) is 11.6 Å². The van der Waals surface area contributed by atoms with E-state index >= 15 is 0 Å². The summed E-state index contributed by atoms with van der Waals surface area (Å²) in [6.07, 6.45) is 2.26. The fraction of sp³-hybridized carbons (Fsp3) is 0.600. The van der Waals surface area contributed by atoms with E-state index in [9.17, 15) is 0 Å². The summed E-state index contributed by atoms with van der Waals surface area (Å²) in [4.78, 5) is 0. The second kappa shape index (κ2) is 6.65. The van der Waals surface area contributed by atoms with Gasteiger partial charge in [-0.15, -0.1) is 0 Å². The quantitative estimate of drug-likeness (QED) is 0.347. The van der Waals surface area contributed by atoms with E-state index in [0.717, 1.165) is 0 Å². The zero-order chi connectivity index (χ0) is 4.99. The van der Waals surface area contributed by atoms with Crippen molar-refractivity contribution in [3.05, 3.63) is 11.6 Å². The molecule has 0 heterocycles. The van der Waals surface area contributed by atoms with E-state index in [1.54, 1.807) is 0 Å². The molecule has 2 heteroatoms. The Hall–Kier alpha value is 0.653. The van der Waals surface area contributed by atoms with Gasteiger partial charge in [-0.05, 0) is 0 Å². The van der Waals surface area contributed by atoms with Crippen LogP contribution in [0.1, 0.15) is 13.8 Å². The van der Waals surface area contributed by atoms with Gasteiger partial charge in [0.1, 0.15) is 0 Å². The van der Waals surface area contributed by atoms with E-state index in [4.69, 9.17) is 0 Å². The van der Waals surface area contributed by atoms with Crippen LogP contribution in [-0.2, 0) is 18.3 Å². The Labute approximate surface area is 61.5 Å². The predicted molar refractivity (Wildman–Crippen MR) is 24.2 cm³/mol. The molecule has 0 amide bonds. The second-order valence-corrected chi connectivity index (χ2v) is 2.78. The predicted octanol–water partition coefficient (Wildman–Crippen LogP) is -1.08. The van der Waals surface area contributed by atoms with Crippen LogP contribution in [0.4, 0.5) is 0 Å². The van der Waals surface area contributed by atoms with Crippen molar-refractivity contribution < 1.29 is 30.7 Å². The van der Waals surface area contributed by atoms with E-state index in [2.05, 4.69) is 19.9 Å². The standard InChI is InChI=1S/C5H9.ClH.Zn/c1-4-5(2)3;;/h4H,1H2,2-3H3;1H;/q;;+1/p-1. The van der Waals surface area contributed by atoms with Gasteiger partial charge >= 0.3 is 48.8 Å². The largest absolute Gasteiger partial charge is 1.00 e. The minimum absolute atomic E-state index is 0. The van der Waals surface area contributed by atoms with Gasteiger partial charge in [0.05, 0.1) is 0 Å². The maximum Gasteiger partial charge on any atom is -1.00 e. The number of rotatable bonds is 1. The molecule has 0 saturated heterocycles. The third kappa shape index (κ3) is 10.8. The van der Waals surface area contributed by atoms with E-state index in [1.807, 2.05) is 0 Å². The summed E-state index contributed by atoms with van der Waals surface area (Å²) in [5.41, 5.74) is 1.45. The summed E-state index contributed by atoms with van der Waals surface area (Å²) >= 11 is 1.39. The zero-order valence-corrected chi connectivity index (χ0v) is 8.59. The first kappa shape index (κ1) is 10.6. The minimum Gasteiger partial charge on any atom is -1.00 e. The maximum absolute atomic E-state index is 2.26. The van der Waals surface area contributed by atoms with Gasteiger partial charge in [-0.3, -0.25) is 0 Å². The normalized spacial score (nSPS) is 6.86. The van der Waals surface area contributed by atoms with E-state index in [-0.39, 0.29) is 12.4 Å². The molecule has 38 valence electrons. The van der Waals surface area contributed by atoms with E-state index < -0.39 is 0 Å².